The number of likely N-dealkylation sites (tertiary alicyclic amines) is 1. The van der Waals surface area contributed by atoms with E-state index in [0.717, 1.165) is 62.4 Å². The van der Waals surface area contributed by atoms with E-state index in [1.165, 1.54) is 16.9 Å². The van der Waals surface area contributed by atoms with Gasteiger partial charge < -0.3 is 14.4 Å². The Morgan fingerprint density at radius 3 is 2.70 bits per heavy atom. The van der Waals surface area contributed by atoms with E-state index < -0.39 is 0 Å². The van der Waals surface area contributed by atoms with E-state index in [-0.39, 0.29) is 11.5 Å². The average Bonchev–Trinajstić information content (AvgIpc) is 3.24. The number of carbonyl (C=O) groups excluding carboxylic acids is 1. The van der Waals surface area contributed by atoms with E-state index in [0.29, 0.717) is 5.92 Å². The first-order valence-corrected chi connectivity index (χ1v) is 10.7. The second kappa shape index (κ2) is 8.03. The number of hydrogen-bond donors (Lipinski definition) is 0. The third-order valence-electron chi connectivity index (χ3n) is 5.97. The summed E-state index contributed by atoms with van der Waals surface area (Å²) >= 11 is 1.52. The minimum Gasteiger partial charge on any atom is -0.497 e. The van der Waals surface area contributed by atoms with Crippen molar-refractivity contribution < 1.29 is 14.3 Å². The molecule has 2 fully saturated rings. The van der Waals surface area contributed by atoms with Crippen molar-refractivity contribution in [3.63, 3.8) is 0 Å². The lowest BCUT2D eigenvalue weighted by atomic mass is 9.77. The molecule has 1 spiro atoms. The molecule has 2 aliphatic heterocycles. The summed E-state index contributed by atoms with van der Waals surface area (Å²) in [5, 5.41) is 1.96. The van der Waals surface area contributed by atoms with E-state index in [4.69, 9.17) is 9.47 Å². The first kappa shape index (κ1) is 18.5. The van der Waals surface area contributed by atoms with Gasteiger partial charge in [0.05, 0.1) is 17.6 Å². The van der Waals surface area contributed by atoms with Crippen molar-refractivity contribution in [2.75, 3.05) is 26.8 Å². The Morgan fingerprint density at radius 2 is 2.04 bits per heavy atom. The summed E-state index contributed by atoms with van der Waals surface area (Å²) in [6.45, 7) is 2.43. The average molecular weight is 386 g/mol. The topological polar surface area (TPSA) is 38.8 Å². The largest absolute Gasteiger partial charge is 0.497 e. The van der Waals surface area contributed by atoms with Crippen molar-refractivity contribution >= 4 is 17.2 Å². The van der Waals surface area contributed by atoms with E-state index >= 15 is 0 Å². The molecule has 144 valence electrons. The monoisotopic (exact) mass is 385 g/mol. The minimum atomic E-state index is -0.0401. The number of thiophene rings is 1. The maximum atomic E-state index is 12.6. The summed E-state index contributed by atoms with van der Waals surface area (Å²) in [5.41, 5.74) is 1.32. The van der Waals surface area contributed by atoms with Crippen LogP contribution in [0.3, 0.4) is 0 Å². The van der Waals surface area contributed by atoms with Crippen LogP contribution in [0.1, 0.15) is 40.9 Å². The predicted octanol–water partition coefficient (Wildman–Crippen LogP) is 4.40. The Morgan fingerprint density at radius 1 is 1.26 bits per heavy atom. The van der Waals surface area contributed by atoms with Crippen molar-refractivity contribution in [3.05, 3.63) is 52.2 Å². The highest BCUT2D eigenvalue weighted by atomic mass is 32.1. The number of carbonyl (C=O) groups is 1. The van der Waals surface area contributed by atoms with E-state index in [1.807, 2.05) is 34.5 Å². The molecule has 4 nitrogen and oxygen atoms in total. The van der Waals surface area contributed by atoms with Gasteiger partial charge in [0.2, 0.25) is 0 Å². The third-order valence-corrected chi connectivity index (χ3v) is 6.83. The first-order valence-electron chi connectivity index (χ1n) is 9.77. The standard InChI is InChI=1S/C22H27NO3S/c1-25-19-6-4-17(5-7-19)15-18-8-13-26-22(16-18)9-11-23(12-10-22)21(24)20-3-2-14-27-20/h2-7,14,18H,8-13,15-16H2,1H3. The van der Waals surface area contributed by atoms with Crippen LogP contribution in [0.15, 0.2) is 41.8 Å². The maximum absolute atomic E-state index is 12.6. The number of amides is 1. The van der Waals surface area contributed by atoms with Gasteiger partial charge in [0.15, 0.2) is 0 Å². The van der Waals surface area contributed by atoms with E-state index in [1.54, 1.807) is 7.11 Å². The second-order valence-corrected chi connectivity index (χ2v) is 8.66. The number of hydrogen-bond acceptors (Lipinski definition) is 4. The molecule has 1 amide bonds. The van der Waals surface area contributed by atoms with Crippen LogP contribution in [0.25, 0.3) is 0 Å². The molecule has 2 aromatic rings. The zero-order chi connectivity index (χ0) is 18.7. The molecule has 0 radical (unpaired) electrons. The molecule has 1 aromatic carbocycles. The number of ether oxygens (including phenoxy) is 2. The molecular weight excluding hydrogens is 358 g/mol. The van der Waals surface area contributed by atoms with Crippen molar-refractivity contribution in [1.82, 2.24) is 4.90 Å². The molecule has 0 bridgehead atoms. The molecule has 0 N–H and O–H groups in total. The molecular formula is C22H27NO3S. The quantitative estimate of drug-likeness (QED) is 0.783. The fourth-order valence-corrected chi connectivity index (χ4v) is 5.11. The van der Waals surface area contributed by atoms with Crippen LogP contribution in [-0.4, -0.2) is 43.2 Å². The second-order valence-electron chi connectivity index (χ2n) is 7.71. The molecule has 1 unspecified atom stereocenters. The van der Waals surface area contributed by atoms with Crippen LogP contribution in [0.5, 0.6) is 5.75 Å². The van der Waals surface area contributed by atoms with Gasteiger partial charge in [0.25, 0.3) is 5.91 Å². The van der Waals surface area contributed by atoms with Gasteiger partial charge in [-0.2, -0.15) is 0 Å². The fourth-order valence-electron chi connectivity index (χ4n) is 4.42. The molecule has 4 rings (SSSR count). The smallest absolute Gasteiger partial charge is 0.263 e. The molecule has 1 atom stereocenters. The molecule has 5 heteroatoms. The van der Waals surface area contributed by atoms with Crippen LogP contribution < -0.4 is 4.74 Å². The summed E-state index contributed by atoms with van der Waals surface area (Å²) in [6, 6.07) is 12.3. The number of methoxy groups -OCH3 is 1. The van der Waals surface area contributed by atoms with Gasteiger partial charge in [0, 0.05) is 19.7 Å². The van der Waals surface area contributed by atoms with Gasteiger partial charge in [-0.15, -0.1) is 11.3 Å². The molecule has 3 heterocycles. The Balaban J connectivity index is 1.34. The fraction of sp³-hybridized carbons (Fsp3) is 0.500. The highest BCUT2D eigenvalue weighted by Crippen LogP contribution is 2.39. The van der Waals surface area contributed by atoms with Gasteiger partial charge in [0.1, 0.15) is 5.75 Å². The summed E-state index contributed by atoms with van der Waals surface area (Å²) in [7, 11) is 1.70. The highest BCUT2D eigenvalue weighted by Gasteiger charge is 2.41. The summed E-state index contributed by atoms with van der Waals surface area (Å²) in [6.07, 6.45) is 5.20. The minimum absolute atomic E-state index is 0.0401. The van der Waals surface area contributed by atoms with Crippen LogP contribution in [0, 0.1) is 5.92 Å². The lowest BCUT2D eigenvalue weighted by molar-refractivity contribution is -0.123. The highest BCUT2D eigenvalue weighted by molar-refractivity contribution is 7.12. The molecule has 0 saturated carbocycles. The number of benzene rings is 1. The van der Waals surface area contributed by atoms with Crippen LogP contribution in [-0.2, 0) is 11.2 Å². The SMILES string of the molecule is COc1ccc(CC2CCOC3(CCN(C(=O)c4cccs4)CC3)C2)cc1. The van der Waals surface area contributed by atoms with E-state index in [2.05, 4.69) is 12.1 Å². The van der Waals surface area contributed by atoms with Crippen molar-refractivity contribution in [2.45, 2.75) is 37.7 Å². The van der Waals surface area contributed by atoms with Crippen molar-refractivity contribution in [2.24, 2.45) is 5.92 Å². The Hall–Kier alpha value is -1.85. The molecule has 0 aliphatic carbocycles. The molecule has 2 aliphatic rings. The van der Waals surface area contributed by atoms with Crippen LogP contribution in [0.2, 0.25) is 0 Å². The zero-order valence-corrected chi connectivity index (χ0v) is 16.7. The van der Waals surface area contributed by atoms with Gasteiger partial charge >= 0.3 is 0 Å². The summed E-state index contributed by atoms with van der Waals surface area (Å²) in [5.74, 6) is 1.72. The van der Waals surface area contributed by atoms with Crippen LogP contribution in [0.4, 0.5) is 0 Å². The van der Waals surface area contributed by atoms with Crippen molar-refractivity contribution in [1.29, 1.82) is 0 Å². The number of piperidine rings is 1. The lowest BCUT2D eigenvalue weighted by Gasteiger charge is -2.46. The Bertz CT molecular complexity index is 748. The van der Waals surface area contributed by atoms with Gasteiger partial charge in [-0.1, -0.05) is 18.2 Å². The predicted molar refractivity (Wildman–Crippen MR) is 108 cm³/mol. The lowest BCUT2D eigenvalue weighted by Crippen LogP contribution is -2.50. The third kappa shape index (κ3) is 4.19. The molecule has 27 heavy (non-hydrogen) atoms. The normalized spacial score (nSPS) is 22.0. The molecule has 2 saturated heterocycles. The number of nitrogens with zero attached hydrogens (tertiary/aromatic N) is 1. The van der Waals surface area contributed by atoms with E-state index in [9.17, 15) is 4.79 Å². The Kier molecular flexibility index (Phi) is 5.50. The number of rotatable bonds is 4. The molecule has 1 aromatic heterocycles. The zero-order valence-electron chi connectivity index (χ0n) is 15.9. The first-order chi connectivity index (χ1) is 13.2. The van der Waals surface area contributed by atoms with Gasteiger partial charge in [-0.05, 0) is 67.2 Å². The van der Waals surface area contributed by atoms with Crippen LogP contribution >= 0.6 is 11.3 Å². The van der Waals surface area contributed by atoms with Gasteiger partial charge in [-0.25, -0.2) is 0 Å². The van der Waals surface area contributed by atoms with Gasteiger partial charge in [-0.3, -0.25) is 4.79 Å². The summed E-state index contributed by atoms with van der Waals surface area (Å²) in [4.78, 5) is 15.4. The maximum Gasteiger partial charge on any atom is 0.263 e. The van der Waals surface area contributed by atoms with Crippen molar-refractivity contribution in [3.8, 4) is 5.75 Å². The summed E-state index contributed by atoms with van der Waals surface area (Å²) < 4.78 is 11.5. The Labute approximate surface area is 165 Å².